The first-order valence-electron chi connectivity index (χ1n) is 8.48. The maximum Gasteiger partial charge on any atom is 0.410 e. The van der Waals surface area contributed by atoms with Crippen molar-refractivity contribution in [1.29, 1.82) is 0 Å². The zero-order valence-corrected chi connectivity index (χ0v) is 14.4. The van der Waals surface area contributed by atoms with Gasteiger partial charge in [0.25, 0.3) is 5.69 Å². The average molecular weight is 370 g/mol. The van der Waals surface area contributed by atoms with E-state index in [1.165, 1.54) is 29.2 Å². The van der Waals surface area contributed by atoms with Crippen LogP contribution in [-0.4, -0.2) is 34.5 Å². The van der Waals surface area contributed by atoms with Crippen LogP contribution in [0.5, 0.6) is 5.75 Å². The van der Waals surface area contributed by atoms with Gasteiger partial charge in [-0.25, -0.2) is 9.59 Å². The molecule has 0 aliphatic carbocycles. The number of amides is 1. The van der Waals surface area contributed by atoms with Gasteiger partial charge in [0.05, 0.1) is 4.92 Å². The highest BCUT2D eigenvalue weighted by Crippen LogP contribution is 2.23. The zero-order valence-electron chi connectivity index (χ0n) is 14.4. The zero-order chi connectivity index (χ0) is 19.2. The van der Waals surface area contributed by atoms with Crippen molar-refractivity contribution < 1.29 is 24.0 Å². The highest BCUT2D eigenvalue weighted by Gasteiger charge is 2.36. The number of rotatable bonds is 5. The molecule has 1 heterocycles. The van der Waals surface area contributed by atoms with Crippen molar-refractivity contribution in [1.82, 2.24) is 4.90 Å². The summed E-state index contributed by atoms with van der Waals surface area (Å²) in [6.45, 7) is 0.536. The lowest BCUT2D eigenvalue weighted by molar-refractivity contribution is -0.384. The van der Waals surface area contributed by atoms with Gasteiger partial charge in [0, 0.05) is 18.7 Å². The summed E-state index contributed by atoms with van der Waals surface area (Å²) in [7, 11) is 0. The maximum absolute atomic E-state index is 12.4. The summed E-state index contributed by atoms with van der Waals surface area (Å²) in [5, 5.41) is 10.7. The summed E-state index contributed by atoms with van der Waals surface area (Å²) in [5.41, 5.74) is 0.761. The number of benzene rings is 2. The summed E-state index contributed by atoms with van der Waals surface area (Å²) >= 11 is 0. The molecule has 2 aromatic rings. The van der Waals surface area contributed by atoms with Crippen LogP contribution in [0.4, 0.5) is 10.5 Å². The Morgan fingerprint density at radius 1 is 1.11 bits per heavy atom. The first kappa shape index (κ1) is 18.4. The molecule has 1 saturated heterocycles. The topological polar surface area (TPSA) is 99.0 Å². The Labute approximate surface area is 155 Å². The number of carbonyl (C=O) groups is 2. The summed E-state index contributed by atoms with van der Waals surface area (Å²) < 4.78 is 10.6. The molecule has 140 valence electrons. The minimum absolute atomic E-state index is 0.0956. The van der Waals surface area contributed by atoms with E-state index in [4.69, 9.17) is 9.47 Å². The molecular weight excluding hydrogens is 352 g/mol. The Morgan fingerprint density at radius 3 is 2.48 bits per heavy atom. The van der Waals surface area contributed by atoms with E-state index >= 15 is 0 Å². The van der Waals surface area contributed by atoms with Crippen LogP contribution in [-0.2, 0) is 16.1 Å². The fourth-order valence-electron chi connectivity index (χ4n) is 2.85. The molecular formula is C19H18N2O6. The quantitative estimate of drug-likeness (QED) is 0.347. The Hall–Kier alpha value is -3.42. The van der Waals surface area contributed by atoms with Gasteiger partial charge in [-0.05, 0) is 30.5 Å². The second-order valence-electron chi connectivity index (χ2n) is 6.06. The molecule has 1 aliphatic rings. The molecule has 8 nitrogen and oxygen atoms in total. The summed E-state index contributed by atoms with van der Waals surface area (Å²) in [5.74, 6) is -0.395. The third-order valence-electron chi connectivity index (χ3n) is 4.23. The largest absolute Gasteiger partial charge is 0.445 e. The number of nitro groups is 1. The van der Waals surface area contributed by atoms with E-state index < -0.39 is 23.0 Å². The summed E-state index contributed by atoms with van der Waals surface area (Å²) in [4.78, 5) is 36.2. The smallest absolute Gasteiger partial charge is 0.410 e. The van der Waals surface area contributed by atoms with Crippen molar-refractivity contribution in [2.24, 2.45) is 0 Å². The summed E-state index contributed by atoms with van der Waals surface area (Å²) in [6.07, 6.45) is 0.578. The molecule has 1 aliphatic heterocycles. The van der Waals surface area contributed by atoms with Gasteiger partial charge in [0.1, 0.15) is 18.4 Å². The molecule has 1 unspecified atom stereocenters. The van der Waals surface area contributed by atoms with Crippen LogP contribution < -0.4 is 4.74 Å². The highest BCUT2D eigenvalue weighted by molar-refractivity contribution is 5.83. The number of ether oxygens (including phenoxy) is 2. The van der Waals surface area contributed by atoms with Crippen molar-refractivity contribution in [2.75, 3.05) is 6.54 Å². The van der Waals surface area contributed by atoms with Gasteiger partial charge in [0.15, 0.2) is 0 Å². The van der Waals surface area contributed by atoms with Gasteiger partial charge in [-0.2, -0.15) is 0 Å². The number of nitro benzene ring substituents is 1. The first-order chi connectivity index (χ1) is 13.0. The van der Waals surface area contributed by atoms with Crippen LogP contribution in [0.2, 0.25) is 0 Å². The number of likely N-dealkylation sites (tertiary alicyclic amines) is 1. The molecule has 1 fully saturated rings. The SMILES string of the molecule is O=C(Oc1ccc([N+](=O)[O-])cc1)C1CCCN1C(=O)OCc1ccccc1. The number of non-ortho nitro benzene ring substituents is 1. The van der Waals surface area contributed by atoms with Gasteiger partial charge < -0.3 is 9.47 Å². The third kappa shape index (κ3) is 4.60. The van der Waals surface area contributed by atoms with Crippen LogP contribution >= 0.6 is 0 Å². The van der Waals surface area contributed by atoms with Gasteiger partial charge in [0.2, 0.25) is 0 Å². The number of esters is 1. The van der Waals surface area contributed by atoms with Crippen LogP contribution in [0.25, 0.3) is 0 Å². The molecule has 8 heteroatoms. The van der Waals surface area contributed by atoms with E-state index in [9.17, 15) is 19.7 Å². The molecule has 0 aromatic heterocycles. The van der Waals surface area contributed by atoms with E-state index in [-0.39, 0.29) is 18.0 Å². The number of hydrogen-bond acceptors (Lipinski definition) is 6. The lowest BCUT2D eigenvalue weighted by Crippen LogP contribution is -2.42. The molecule has 1 atom stereocenters. The van der Waals surface area contributed by atoms with Gasteiger partial charge >= 0.3 is 12.1 Å². The lowest BCUT2D eigenvalue weighted by Gasteiger charge is -2.22. The van der Waals surface area contributed by atoms with Gasteiger partial charge in [-0.1, -0.05) is 30.3 Å². The Balaban J connectivity index is 1.58. The highest BCUT2D eigenvalue weighted by atomic mass is 16.6. The second kappa shape index (κ2) is 8.31. The Morgan fingerprint density at radius 2 is 1.81 bits per heavy atom. The predicted octanol–water partition coefficient (Wildman–Crippen LogP) is 3.30. The van der Waals surface area contributed by atoms with Gasteiger partial charge in [-0.3, -0.25) is 15.0 Å². The van der Waals surface area contributed by atoms with E-state index in [0.29, 0.717) is 19.4 Å². The van der Waals surface area contributed by atoms with Crippen LogP contribution in [0.1, 0.15) is 18.4 Å². The van der Waals surface area contributed by atoms with E-state index in [0.717, 1.165) is 5.56 Å². The second-order valence-corrected chi connectivity index (χ2v) is 6.06. The number of hydrogen-bond donors (Lipinski definition) is 0. The molecule has 0 saturated carbocycles. The molecule has 27 heavy (non-hydrogen) atoms. The van der Waals surface area contributed by atoms with Crippen LogP contribution in [0.3, 0.4) is 0 Å². The van der Waals surface area contributed by atoms with Crippen LogP contribution in [0.15, 0.2) is 54.6 Å². The van der Waals surface area contributed by atoms with Gasteiger partial charge in [-0.15, -0.1) is 0 Å². The minimum atomic E-state index is -0.733. The fourth-order valence-corrected chi connectivity index (χ4v) is 2.85. The van der Waals surface area contributed by atoms with Crippen LogP contribution in [0, 0.1) is 10.1 Å². The van der Waals surface area contributed by atoms with Crippen molar-refractivity contribution in [3.05, 3.63) is 70.3 Å². The van der Waals surface area contributed by atoms with E-state index in [1.807, 2.05) is 30.3 Å². The first-order valence-corrected chi connectivity index (χ1v) is 8.48. The normalized spacial score (nSPS) is 16.0. The minimum Gasteiger partial charge on any atom is -0.445 e. The Bertz CT molecular complexity index is 822. The van der Waals surface area contributed by atoms with Crippen molar-refractivity contribution in [3.8, 4) is 5.75 Å². The van der Waals surface area contributed by atoms with E-state index in [2.05, 4.69) is 0 Å². The molecule has 0 radical (unpaired) electrons. The van der Waals surface area contributed by atoms with Crippen molar-refractivity contribution in [2.45, 2.75) is 25.5 Å². The average Bonchev–Trinajstić information content (AvgIpc) is 3.17. The molecule has 0 N–H and O–H groups in total. The maximum atomic E-state index is 12.4. The standard InChI is InChI=1S/C19H18N2O6/c22-18(27-16-10-8-15(9-11-16)21(24)25)17-7-4-12-20(17)19(23)26-13-14-5-2-1-3-6-14/h1-3,5-6,8-11,17H,4,7,12-13H2. The monoisotopic (exact) mass is 370 g/mol. The van der Waals surface area contributed by atoms with Crippen molar-refractivity contribution >= 4 is 17.7 Å². The predicted molar refractivity (Wildman–Crippen MR) is 95.1 cm³/mol. The van der Waals surface area contributed by atoms with Crippen molar-refractivity contribution in [3.63, 3.8) is 0 Å². The summed E-state index contributed by atoms with van der Waals surface area (Å²) in [6, 6.07) is 13.7. The molecule has 0 spiro atoms. The number of carbonyl (C=O) groups excluding carboxylic acids is 2. The third-order valence-corrected chi connectivity index (χ3v) is 4.23. The molecule has 2 aromatic carbocycles. The lowest BCUT2D eigenvalue weighted by atomic mass is 10.2. The molecule has 3 rings (SSSR count). The molecule has 1 amide bonds. The van der Waals surface area contributed by atoms with E-state index in [1.54, 1.807) is 0 Å². The fraction of sp³-hybridized carbons (Fsp3) is 0.263. The Kier molecular flexibility index (Phi) is 5.65. The number of nitrogens with zero attached hydrogens (tertiary/aromatic N) is 2. The molecule has 0 bridgehead atoms.